The lowest BCUT2D eigenvalue weighted by molar-refractivity contribution is 0.625. The van der Waals surface area contributed by atoms with Crippen LogP contribution in [0.1, 0.15) is 5.56 Å². The van der Waals surface area contributed by atoms with Crippen LogP contribution < -0.4 is 10.6 Å². The minimum Gasteiger partial charge on any atom is -0.398 e. The van der Waals surface area contributed by atoms with Crippen LogP contribution in [0.15, 0.2) is 54.7 Å². The van der Waals surface area contributed by atoms with Crippen molar-refractivity contribution in [2.75, 3.05) is 17.7 Å². The Balaban J connectivity index is 1.98. The topological polar surface area (TPSA) is 42.1 Å². The van der Waals surface area contributed by atoms with Gasteiger partial charge in [0.25, 0.3) is 0 Å². The van der Waals surface area contributed by atoms with E-state index in [9.17, 15) is 4.39 Å². The fraction of sp³-hybridized carbons (Fsp3) is 0.118. The van der Waals surface area contributed by atoms with Crippen LogP contribution in [0.5, 0.6) is 0 Å². The van der Waals surface area contributed by atoms with Gasteiger partial charge in [0.05, 0.1) is 11.2 Å². The van der Waals surface area contributed by atoms with Crippen molar-refractivity contribution >= 4 is 22.3 Å². The fourth-order valence-corrected chi connectivity index (χ4v) is 2.48. The second-order valence-electron chi connectivity index (χ2n) is 5.06. The molecule has 1 heterocycles. The molecule has 0 spiro atoms. The number of hydrogen-bond acceptors (Lipinski definition) is 3. The first kappa shape index (κ1) is 13.4. The van der Waals surface area contributed by atoms with E-state index < -0.39 is 0 Å². The molecule has 0 aliphatic heterocycles. The van der Waals surface area contributed by atoms with Gasteiger partial charge in [-0.05, 0) is 42.0 Å². The second-order valence-corrected chi connectivity index (χ2v) is 5.06. The van der Waals surface area contributed by atoms with Crippen molar-refractivity contribution in [2.45, 2.75) is 6.54 Å². The van der Waals surface area contributed by atoms with Crippen molar-refractivity contribution in [2.24, 2.45) is 0 Å². The monoisotopic (exact) mass is 281 g/mol. The number of nitrogens with zero attached hydrogens (tertiary/aromatic N) is 2. The zero-order valence-corrected chi connectivity index (χ0v) is 11.8. The highest BCUT2D eigenvalue weighted by atomic mass is 19.1. The third-order valence-electron chi connectivity index (χ3n) is 3.50. The molecule has 0 fully saturated rings. The quantitative estimate of drug-likeness (QED) is 0.746. The van der Waals surface area contributed by atoms with Crippen LogP contribution in [0.4, 0.5) is 15.8 Å². The molecule has 21 heavy (non-hydrogen) atoms. The largest absolute Gasteiger partial charge is 0.398 e. The highest BCUT2D eigenvalue weighted by Gasteiger charge is 2.10. The van der Waals surface area contributed by atoms with Gasteiger partial charge in [-0.2, -0.15) is 0 Å². The summed E-state index contributed by atoms with van der Waals surface area (Å²) in [7, 11) is 1.96. The molecule has 0 amide bonds. The maximum absolute atomic E-state index is 13.3. The Kier molecular flexibility index (Phi) is 3.44. The summed E-state index contributed by atoms with van der Waals surface area (Å²) in [6.45, 7) is 0.605. The van der Waals surface area contributed by atoms with Crippen molar-refractivity contribution in [3.05, 3.63) is 66.1 Å². The number of anilines is 2. The van der Waals surface area contributed by atoms with Gasteiger partial charge >= 0.3 is 0 Å². The van der Waals surface area contributed by atoms with Crippen LogP contribution in [0, 0.1) is 5.82 Å². The zero-order valence-electron chi connectivity index (χ0n) is 11.8. The number of pyridine rings is 1. The maximum atomic E-state index is 13.3. The molecule has 0 radical (unpaired) electrons. The average Bonchev–Trinajstić information content (AvgIpc) is 2.48. The highest BCUT2D eigenvalue weighted by Crippen LogP contribution is 2.29. The zero-order chi connectivity index (χ0) is 14.8. The van der Waals surface area contributed by atoms with E-state index in [0.717, 1.165) is 22.2 Å². The number of hydrogen-bond donors (Lipinski definition) is 1. The van der Waals surface area contributed by atoms with Gasteiger partial charge in [-0.3, -0.25) is 4.98 Å². The van der Waals surface area contributed by atoms with Gasteiger partial charge in [0.15, 0.2) is 0 Å². The minimum absolute atomic E-state index is 0.221. The Morgan fingerprint density at radius 2 is 2.00 bits per heavy atom. The van der Waals surface area contributed by atoms with Crippen LogP contribution in [0.3, 0.4) is 0 Å². The normalized spacial score (nSPS) is 10.8. The van der Waals surface area contributed by atoms with E-state index in [0.29, 0.717) is 12.2 Å². The van der Waals surface area contributed by atoms with Crippen molar-refractivity contribution < 1.29 is 4.39 Å². The summed E-state index contributed by atoms with van der Waals surface area (Å²) >= 11 is 0. The van der Waals surface area contributed by atoms with Gasteiger partial charge in [0.2, 0.25) is 0 Å². The molecule has 106 valence electrons. The average molecular weight is 281 g/mol. The van der Waals surface area contributed by atoms with Crippen LogP contribution >= 0.6 is 0 Å². The Morgan fingerprint density at radius 3 is 2.81 bits per heavy atom. The number of fused-ring (bicyclic) bond motifs is 1. The molecule has 3 aromatic rings. The first-order valence-electron chi connectivity index (χ1n) is 6.74. The SMILES string of the molecule is CN(Cc1cccc(F)c1)c1ccc(N)c2cccnc12. The van der Waals surface area contributed by atoms with Crippen molar-refractivity contribution in [1.82, 2.24) is 4.98 Å². The first-order chi connectivity index (χ1) is 10.1. The molecule has 3 nitrogen and oxygen atoms in total. The minimum atomic E-state index is -0.221. The number of aromatic nitrogens is 1. The molecular weight excluding hydrogens is 265 g/mol. The van der Waals surface area contributed by atoms with Crippen molar-refractivity contribution in [1.29, 1.82) is 0 Å². The summed E-state index contributed by atoms with van der Waals surface area (Å²) < 4.78 is 13.3. The van der Waals surface area contributed by atoms with E-state index in [4.69, 9.17) is 5.73 Å². The lowest BCUT2D eigenvalue weighted by Gasteiger charge is -2.21. The first-order valence-corrected chi connectivity index (χ1v) is 6.74. The molecule has 4 heteroatoms. The number of nitrogen functional groups attached to an aromatic ring is 1. The highest BCUT2D eigenvalue weighted by molar-refractivity contribution is 5.98. The molecule has 0 aliphatic carbocycles. The summed E-state index contributed by atoms with van der Waals surface area (Å²) in [6.07, 6.45) is 1.75. The van der Waals surface area contributed by atoms with E-state index in [1.54, 1.807) is 18.3 Å². The van der Waals surface area contributed by atoms with Crippen LogP contribution in [-0.2, 0) is 6.54 Å². The molecule has 0 unspecified atom stereocenters. The van der Waals surface area contributed by atoms with Crippen LogP contribution in [-0.4, -0.2) is 12.0 Å². The smallest absolute Gasteiger partial charge is 0.123 e. The van der Waals surface area contributed by atoms with Crippen LogP contribution in [0.25, 0.3) is 10.9 Å². The Bertz CT molecular complexity index is 786. The number of rotatable bonds is 3. The van der Waals surface area contributed by atoms with Gasteiger partial charge in [0, 0.05) is 30.9 Å². The van der Waals surface area contributed by atoms with E-state index >= 15 is 0 Å². The summed E-state index contributed by atoms with van der Waals surface area (Å²) in [5, 5.41) is 0.932. The molecule has 2 N–H and O–H groups in total. The van der Waals surface area contributed by atoms with Gasteiger partial charge in [-0.25, -0.2) is 4.39 Å². The second kappa shape index (κ2) is 5.40. The molecular formula is C17H16FN3. The number of nitrogens with two attached hydrogens (primary N) is 1. The predicted molar refractivity (Wildman–Crippen MR) is 84.7 cm³/mol. The number of halogens is 1. The molecule has 3 rings (SSSR count). The van der Waals surface area contributed by atoms with E-state index in [-0.39, 0.29) is 5.82 Å². The van der Waals surface area contributed by atoms with Gasteiger partial charge in [-0.15, -0.1) is 0 Å². The molecule has 0 aliphatic rings. The van der Waals surface area contributed by atoms with E-state index in [1.165, 1.54) is 6.07 Å². The Hall–Kier alpha value is -2.62. The lowest BCUT2D eigenvalue weighted by Crippen LogP contribution is -2.17. The third kappa shape index (κ3) is 2.65. The lowest BCUT2D eigenvalue weighted by atomic mass is 10.1. The predicted octanol–water partition coefficient (Wildman–Crippen LogP) is 3.59. The summed E-state index contributed by atoms with van der Waals surface area (Å²) in [5.74, 6) is -0.221. The van der Waals surface area contributed by atoms with Gasteiger partial charge in [0.1, 0.15) is 5.82 Å². The molecule has 0 saturated heterocycles. The van der Waals surface area contributed by atoms with E-state index in [2.05, 4.69) is 4.98 Å². The molecule has 1 aromatic heterocycles. The molecule has 0 saturated carbocycles. The van der Waals surface area contributed by atoms with E-state index in [1.807, 2.05) is 42.3 Å². The summed E-state index contributed by atoms with van der Waals surface area (Å²) in [5.41, 5.74) is 9.45. The Morgan fingerprint density at radius 1 is 1.14 bits per heavy atom. The molecule has 0 atom stereocenters. The fourth-order valence-electron chi connectivity index (χ4n) is 2.48. The standard InChI is InChI=1S/C17H16FN3/c1-21(11-12-4-2-5-13(18)10-12)16-8-7-15(19)14-6-3-9-20-17(14)16/h2-10H,11,19H2,1H3. The van der Waals surface area contributed by atoms with Crippen molar-refractivity contribution in [3.8, 4) is 0 Å². The molecule has 2 aromatic carbocycles. The number of benzene rings is 2. The maximum Gasteiger partial charge on any atom is 0.123 e. The summed E-state index contributed by atoms with van der Waals surface area (Å²) in [6, 6.07) is 14.3. The summed E-state index contributed by atoms with van der Waals surface area (Å²) in [4.78, 5) is 6.47. The van der Waals surface area contributed by atoms with Crippen molar-refractivity contribution in [3.63, 3.8) is 0 Å². The van der Waals surface area contributed by atoms with Gasteiger partial charge < -0.3 is 10.6 Å². The van der Waals surface area contributed by atoms with Crippen LogP contribution in [0.2, 0.25) is 0 Å². The molecule has 0 bridgehead atoms. The third-order valence-corrected chi connectivity index (χ3v) is 3.50. The Labute approximate surface area is 122 Å². The van der Waals surface area contributed by atoms with Gasteiger partial charge in [-0.1, -0.05) is 12.1 Å².